The molecule has 0 saturated heterocycles. The normalized spacial score (nSPS) is 11.0. The van der Waals surface area contributed by atoms with Gasteiger partial charge in [-0.15, -0.1) is 11.3 Å². The van der Waals surface area contributed by atoms with Crippen LogP contribution in [0.1, 0.15) is 16.3 Å². The monoisotopic (exact) mass is 210 g/mol. The SMILES string of the molecule is Cc1cn2c(CC(=O)O)c(C)nc2s1. The van der Waals surface area contributed by atoms with Crippen LogP contribution < -0.4 is 0 Å². The summed E-state index contributed by atoms with van der Waals surface area (Å²) in [5.74, 6) is -0.821. The van der Waals surface area contributed by atoms with Crippen LogP contribution in [0.4, 0.5) is 0 Å². The van der Waals surface area contributed by atoms with Gasteiger partial charge in [0, 0.05) is 11.1 Å². The molecule has 5 heteroatoms. The Kier molecular flexibility index (Phi) is 2.03. The Morgan fingerprint density at radius 2 is 2.36 bits per heavy atom. The van der Waals surface area contributed by atoms with Crippen molar-refractivity contribution in [3.63, 3.8) is 0 Å². The molecule has 0 aliphatic carbocycles. The van der Waals surface area contributed by atoms with Crippen LogP contribution in [0.3, 0.4) is 0 Å². The molecule has 0 amide bonds. The largest absolute Gasteiger partial charge is 0.481 e. The van der Waals surface area contributed by atoms with E-state index in [0.717, 1.165) is 21.2 Å². The number of aliphatic carboxylic acids is 1. The van der Waals surface area contributed by atoms with Gasteiger partial charge in [0.05, 0.1) is 17.8 Å². The molecule has 0 spiro atoms. The van der Waals surface area contributed by atoms with E-state index < -0.39 is 5.97 Å². The summed E-state index contributed by atoms with van der Waals surface area (Å²) in [6.07, 6.45) is 1.96. The van der Waals surface area contributed by atoms with Crippen LogP contribution in [-0.4, -0.2) is 20.5 Å². The van der Waals surface area contributed by atoms with Crippen molar-refractivity contribution in [1.82, 2.24) is 9.38 Å². The maximum absolute atomic E-state index is 10.6. The molecule has 2 aromatic rings. The first-order chi connectivity index (χ1) is 6.58. The van der Waals surface area contributed by atoms with Crippen molar-refractivity contribution < 1.29 is 9.90 Å². The zero-order valence-corrected chi connectivity index (χ0v) is 8.76. The Morgan fingerprint density at radius 1 is 1.64 bits per heavy atom. The lowest BCUT2D eigenvalue weighted by Gasteiger charge is -1.95. The lowest BCUT2D eigenvalue weighted by Crippen LogP contribution is -2.03. The molecule has 1 N–H and O–H groups in total. The Hall–Kier alpha value is -1.36. The molecular weight excluding hydrogens is 200 g/mol. The number of carbonyl (C=O) groups is 1. The zero-order chi connectivity index (χ0) is 10.3. The topological polar surface area (TPSA) is 54.6 Å². The van der Waals surface area contributed by atoms with Crippen LogP contribution in [0.5, 0.6) is 0 Å². The van der Waals surface area contributed by atoms with Gasteiger partial charge >= 0.3 is 5.97 Å². The van der Waals surface area contributed by atoms with Crippen molar-refractivity contribution in [1.29, 1.82) is 0 Å². The van der Waals surface area contributed by atoms with Crippen molar-refractivity contribution in [3.8, 4) is 0 Å². The predicted octanol–water partition coefficient (Wildman–Crippen LogP) is 1.64. The molecule has 2 rings (SSSR count). The fourth-order valence-corrected chi connectivity index (χ4v) is 2.36. The highest BCUT2D eigenvalue weighted by Gasteiger charge is 2.13. The quantitative estimate of drug-likeness (QED) is 0.819. The molecule has 0 saturated carbocycles. The van der Waals surface area contributed by atoms with Crippen molar-refractivity contribution in [2.24, 2.45) is 0 Å². The Balaban J connectivity index is 2.59. The van der Waals surface area contributed by atoms with Crippen molar-refractivity contribution in [2.45, 2.75) is 20.3 Å². The number of carboxylic acids is 1. The molecule has 0 aliphatic rings. The summed E-state index contributed by atoms with van der Waals surface area (Å²) in [5, 5.41) is 8.74. The lowest BCUT2D eigenvalue weighted by atomic mass is 10.2. The molecule has 14 heavy (non-hydrogen) atoms. The molecule has 0 fully saturated rings. The first kappa shape index (κ1) is 9.21. The summed E-state index contributed by atoms with van der Waals surface area (Å²) in [7, 11) is 0. The molecule has 2 heterocycles. The maximum Gasteiger partial charge on any atom is 0.309 e. The third-order valence-corrected chi connectivity index (χ3v) is 2.96. The van der Waals surface area contributed by atoms with Crippen LogP contribution >= 0.6 is 11.3 Å². The number of nitrogens with zero attached hydrogens (tertiary/aromatic N) is 2. The zero-order valence-electron chi connectivity index (χ0n) is 7.94. The molecule has 0 radical (unpaired) electrons. The first-order valence-electron chi connectivity index (χ1n) is 4.23. The highest BCUT2D eigenvalue weighted by Crippen LogP contribution is 2.20. The van der Waals surface area contributed by atoms with Gasteiger partial charge < -0.3 is 5.11 Å². The van der Waals surface area contributed by atoms with E-state index in [9.17, 15) is 4.79 Å². The summed E-state index contributed by atoms with van der Waals surface area (Å²) in [5.41, 5.74) is 1.58. The average molecular weight is 210 g/mol. The summed E-state index contributed by atoms with van der Waals surface area (Å²) < 4.78 is 1.86. The van der Waals surface area contributed by atoms with Gasteiger partial charge in [-0.05, 0) is 13.8 Å². The second-order valence-corrected chi connectivity index (χ2v) is 4.42. The Labute approximate surface area is 84.8 Å². The minimum absolute atomic E-state index is 0.0309. The number of fused-ring (bicyclic) bond motifs is 1. The molecule has 0 atom stereocenters. The summed E-state index contributed by atoms with van der Waals surface area (Å²) in [6, 6.07) is 0. The van der Waals surface area contributed by atoms with E-state index in [1.54, 1.807) is 11.3 Å². The highest BCUT2D eigenvalue weighted by molar-refractivity contribution is 7.17. The van der Waals surface area contributed by atoms with Gasteiger partial charge in [-0.1, -0.05) is 0 Å². The van der Waals surface area contributed by atoms with Crippen LogP contribution in [0.15, 0.2) is 6.20 Å². The fourth-order valence-electron chi connectivity index (χ4n) is 1.47. The Morgan fingerprint density at radius 3 is 3.00 bits per heavy atom. The second kappa shape index (κ2) is 3.09. The third kappa shape index (κ3) is 1.39. The standard InChI is InChI=1S/C9H10N2O2S/c1-5-4-11-7(3-8(12)13)6(2)10-9(11)14-5/h4H,3H2,1-2H3,(H,12,13). The van der Waals surface area contributed by atoms with Crippen molar-refractivity contribution in [2.75, 3.05) is 0 Å². The smallest absolute Gasteiger partial charge is 0.309 e. The molecule has 2 aromatic heterocycles. The van der Waals surface area contributed by atoms with Crippen molar-refractivity contribution >= 4 is 22.3 Å². The number of thiazole rings is 1. The van der Waals surface area contributed by atoms with E-state index in [2.05, 4.69) is 4.98 Å². The minimum atomic E-state index is -0.821. The first-order valence-corrected chi connectivity index (χ1v) is 5.05. The number of hydrogen-bond acceptors (Lipinski definition) is 3. The van der Waals surface area contributed by atoms with Crippen LogP contribution in [0.2, 0.25) is 0 Å². The second-order valence-electron chi connectivity index (χ2n) is 3.21. The van der Waals surface area contributed by atoms with Crippen LogP contribution in [-0.2, 0) is 11.2 Å². The molecule has 0 aromatic carbocycles. The van der Waals surface area contributed by atoms with Gasteiger partial charge in [-0.25, -0.2) is 4.98 Å². The van der Waals surface area contributed by atoms with E-state index in [0.29, 0.717) is 0 Å². The molecule has 0 bridgehead atoms. The van der Waals surface area contributed by atoms with Gasteiger partial charge in [0.15, 0.2) is 4.96 Å². The Bertz CT molecular complexity index is 498. The summed E-state index contributed by atoms with van der Waals surface area (Å²) >= 11 is 1.57. The van der Waals surface area contributed by atoms with Gasteiger partial charge in [-0.3, -0.25) is 9.20 Å². The summed E-state index contributed by atoms with van der Waals surface area (Å²) in [6.45, 7) is 3.83. The molecule has 4 nitrogen and oxygen atoms in total. The van der Waals surface area contributed by atoms with Gasteiger partial charge in [-0.2, -0.15) is 0 Å². The van der Waals surface area contributed by atoms with E-state index in [-0.39, 0.29) is 6.42 Å². The van der Waals surface area contributed by atoms with Crippen molar-refractivity contribution in [3.05, 3.63) is 22.5 Å². The van der Waals surface area contributed by atoms with E-state index >= 15 is 0 Å². The highest BCUT2D eigenvalue weighted by atomic mass is 32.1. The average Bonchev–Trinajstić information content (AvgIpc) is 2.51. The van der Waals surface area contributed by atoms with E-state index in [1.807, 2.05) is 24.4 Å². The maximum atomic E-state index is 10.6. The number of aryl methyl sites for hydroxylation is 2. The minimum Gasteiger partial charge on any atom is -0.481 e. The van der Waals surface area contributed by atoms with Gasteiger partial charge in [0.1, 0.15) is 0 Å². The van der Waals surface area contributed by atoms with Gasteiger partial charge in [0.2, 0.25) is 0 Å². The molecular formula is C9H10N2O2S. The molecule has 74 valence electrons. The summed E-state index contributed by atoms with van der Waals surface area (Å²) in [4.78, 5) is 16.9. The number of aromatic nitrogens is 2. The van der Waals surface area contributed by atoms with Crippen LogP contribution in [0, 0.1) is 13.8 Å². The van der Waals surface area contributed by atoms with Crippen LogP contribution in [0.25, 0.3) is 4.96 Å². The fraction of sp³-hybridized carbons (Fsp3) is 0.333. The van der Waals surface area contributed by atoms with Gasteiger partial charge in [0.25, 0.3) is 0 Å². The third-order valence-electron chi connectivity index (χ3n) is 2.06. The van der Waals surface area contributed by atoms with E-state index in [1.165, 1.54) is 0 Å². The molecule has 0 unspecified atom stereocenters. The number of hydrogen-bond donors (Lipinski definition) is 1. The number of carboxylic acid groups (broad SMARTS) is 1. The van der Waals surface area contributed by atoms with E-state index in [4.69, 9.17) is 5.11 Å². The lowest BCUT2D eigenvalue weighted by molar-refractivity contribution is -0.136. The number of imidazole rings is 1. The number of rotatable bonds is 2. The molecule has 0 aliphatic heterocycles. The predicted molar refractivity (Wildman–Crippen MR) is 53.9 cm³/mol.